The van der Waals surface area contributed by atoms with Crippen LogP contribution in [0.3, 0.4) is 0 Å². The van der Waals surface area contributed by atoms with Crippen LogP contribution in [0.25, 0.3) is 0 Å². The van der Waals surface area contributed by atoms with Crippen LogP contribution in [0.1, 0.15) is 38.0 Å². The minimum Gasteiger partial charge on any atom is -0.449 e. The third-order valence-corrected chi connectivity index (χ3v) is 4.99. The number of hydrogen-bond acceptors (Lipinski definition) is 5. The first-order chi connectivity index (χ1) is 15.8. The Labute approximate surface area is 186 Å². The van der Waals surface area contributed by atoms with Gasteiger partial charge in [-0.25, -0.2) is 18.5 Å². The molecule has 0 spiro atoms. The molecule has 0 saturated heterocycles. The SMILES string of the molecule is CC(OC(=O)c1ccc(N2C(=O)c3ccccc3C2=O)cc1)C(=O)Nc1cc(F)ccc1F. The van der Waals surface area contributed by atoms with Gasteiger partial charge in [0, 0.05) is 6.07 Å². The molecule has 166 valence electrons. The first-order valence-electron chi connectivity index (χ1n) is 9.81. The molecular formula is C24H16F2N2O5. The van der Waals surface area contributed by atoms with Gasteiger partial charge in [0.15, 0.2) is 6.10 Å². The standard InChI is InChI=1S/C24H16F2N2O5/c1-13(21(29)27-20-12-15(25)8-11-19(20)26)33-24(32)14-6-9-16(10-7-14)28-22(30)17-4-2-3-5-18(17)23(28)31/h2-13H,1H3,(H,27,29). The van der Waals surface area contributed by atoms with E-state index in [1.165, 1.54) is 31.2 Å². The van der Waals surface area contributed by atoms with Crippen LogP contribution >= 0.6 is 0 Å². The number of carbonyl (C=O) groups excluding carboxylic acids is 4. The highest BCUT2D eigenvalue weighted by Crippen LogP contribution is 2.28. The van der Waals surface area contributed by atoms with Crippen LogP contribution in [0.15, 0.2) is 66.7 Å². The van der Waals surface area contributed by atoms with E-state index in [2.05, 4.69) is 5.32 Å². The van der Waals surface area contributed by atoms with E-state index in [4.69, 9.17) is 4.74 Å². The van der Waals surface area contributed by atoms with Gasteiger partial charge >= 0.3 is 5.97 Å². The van der Waals surface area contributed by atoms with Gasteiger partial charge in [-0.05, 0) is 55.5 Å². The van der Waals surface area contributed by atoms with Crippen molar-refractivity contribution in [2.24, 2.45) is 0 Å². The molecule has 0 saturated carbocycles. The lowest BCUT2D eigenvalue weighted by Gasteiger charge is -2.16. The molecule has 0 aliphatic carbocycles. The van der Waals surface area contributed by atoms with Gasteiger partial charge in [-0.2, -0.15) is 0 Å². The number of carbonyl (C=O) groups is 4. The average Bonchev–Trinajstić information content (AvgIpc) is 3.06. The van der Waals surface area contributed by atoms with Crippen molar-refractivity contribution >= 4 is 35.1 Å². The van der Waals surface area contributed by atoms with Crippen molar-refractivity contribution in [3.63, 3.8) is 0 Å². The predicted molar refractivity (Wildman–Crippen MR) is 114 cm³/mol. The van der Waals surface area contributed by atoms with Crippen LogP contribution < -0.4 is 10.2 Å². The fraction of sp³-hybridized carbons (Fsp3) is 0.0833. The topological polar surface area (TPSA) is 92.8 Å². The first-order valence-corrected chi connectivity index (χ1v) is 9.81. The number of fused-ring (bicyclic) bond motifs is 1. The Kier molecular flexibility index (Phi) is 5.70. The molecule has 1 aliphatic rings. The predicted octanol–water partition coefficient (Wildman–Crippen LogP) is 3.95. The molecule has 4 rings (SSSR count). The number of esters is 1. The summed E-state index contributed by atoms with van der Waals surface area (Å²) in [6.45, 7) is 1.28. The zero-order chi connectivity index (χ0) is 23.7. The number of benzene rings is 3. The third-order valence-electron chi connectivity index (χ3n) is 4.99. The van der Waals surface area contributed by atoms with Crippen molar-refractivity contribution in [1.82, 2.24) is 0 Å². The lowest BCUT2D eigenvalue weighted by molar-refractivity contribution is -0.123. The number of rotatable bonds is 5. The van der Waals surface area contributed by atoms with Crippen LogP contribution in [-0.4, -0.2) is 29.8 Å². The van der Waals surface area contributed by atoms with Gasteiger partial charge in [0.2, 0.25) is 0 Å². The number of hydrogen-bond donors (Lipinski definition) is 1. The van der Waals surface area contributed by atoms with Gasteiger partial charge in [-0.1, -0.05) is 12.1 Å². The second kappa shape index (κ2) is 8.62. The third kappa shape index (κ3) is 4.20. The Balaban J connectivity index is 1.42. The molecule has 3 aromatic carbocycles. The maximum absolute atomic E-state index is 13.7. The summed E-state index contributed by atoms with van der Waals surface area (Å²) in [7, 11) is 0. The summed E-state index contributed by atoms with van der Waals surface area (Å²) in [6, 6.07) is 14.5. The number of nitrogens with zero attached hydrogens (tertiary/aromatic N) is 1. The molecular weight excluding hydrogens is 434 g/mol. The number of imide groups is 1. The van der Waals surface area contributed by atoms with E-state index in [-0.39, 0.29) is 16.9 Å². The maximum atomic E-state index is 13.7. The summed E-state index contributed by atoms with van der Waals surface area (Å²) in [5.74, 6) is -4.23. The quantitative estimate of drug-likeness (QED) is 0.469. The fourth-order valence-corrected chi connectivity index (χ4v) is 3.28. The van der Waals surface area contributed by atoms with Gasteiger partial charge in [0.05, 0.1) is 28.1 Å². The van der Waals surface area contributed by atoms with Crippen LogP contribution in [0, 0.1) is 11.6 Å². The molecule has 7 nitrogen and oxygen atoms in total. The average molecular weight is 450 g/mol. The Morgan fingerprint density at radius 1 is 0.909 bits per heavy atom. The fourth-order valence-electron chi connectivity index (χ4n) is 3.28. The van der Waals surface area contributed by atoms with Crippen molar-refractivity contribution in [1.29, 1.82) is 0 Å². The molecule has 3 amide bonds. The van der Waals surface area contributed by atoms with Crippen molar-refractivity contribution in [3.8, 4) is 0 Å². The van der Waals surface area contributed by atoms with Gasteiger partial charge < -0.3 is 10.1 Å². The summed E-state index contributed by atoms with van der Waals surface area (Å²) in [6.07, 6.45) is -1.31. The van der Waals surface area contributed by atoms with Gasteiger partial charge in [-0.15, -0.1) is 0 Å². The smallest absolute Gasteiger partial charge is 0.338 e. The van der Waals surface area contributed by atoms with Gasteiger partial charge in [0.1, 0.15) is 11.6 Å². The Morgan fingerprint density at radius 2 is 1.52 bits per heavy atom. The molecule has 1 aliphatic heterocycles. The minimum atomic E-state index is -1.31. The van der Waals surface area contributed by atoms with E-state index in [0.29, 0.717) is 11.1 Å². The van der Waals surface area contributed by atoms with E-state index in [1.54, 1.807) is 24.3 Å². The number of amides is 3. The monoisotopic (exact) mass is 450 g/mol. The molecule has 1 unspecified atom stereocenters. The molecule has 33 heavy (non-hydrogen) atoms. The highest BCUT2D eigenvalue weighted by atomic mass is 19.1. The Bertz CT molecular complexity index is 1260. The molecule has 1 N–H and O–H groups in total. The van der Waals surface area contributed by atoms with E-state index >= 15 is 0 Å². The highest BCUT2D eigenvalue weighted by molar-refractivity contribution is 6.34. The Morgan fingerprint density at radius 3 is 2.12 bits per heavy atom. The maximum Gasteiger partial charge on any atom is 0.338 e. The van der Waals surface area contributed by atoms with E-state index in [0.717, 1.165) is 23.1 Å². The summed E-state index contributed by atoms with van der Waals surface area (Å²) in [5, 5.41) is 2.16. The van der Waals surface area contributed by atoms with E-state index in [9.17, 15) is 28.0 Å². The molecule has 0 bridgehead atoms. The summed E-state index contributed by atoms with van der Waals surface area (Å²) >= 11 is 0. The number of ether oxygens (including phenoxy) is 1. The van der Waals surface area contributed by atoms with Crippen molar-refractivity contribution in [2.75, 3.05) is 10.2 Å². The van der Waals surface area contributed by atoms with Crippen molar-refractivity contribution in [3.05, 3.63) is 95.1 Å². The summed E-state index contributed by atoms with van der Waals surface area (Å²) in [5.41, 5.74) is 0.534. The van der Waals surface area contributed by atoms with E-state index < -0.39 is 41.4 Å². The highest BCUT2D eigenvalue weighted by Gasteiger charge is 2.36. The molecule has 3 aromatic rings. The second-order valence-electron chi connectivity index (χ2n) is 7.20. The van der Waals surface area contributed by atoms with Gasteiger partial charge in [-0.3, -0.25) is 14.4 Å². The molecule has 0 aromatic heterocycles. The first kappa shape index (κ1) is 21.8. The lowest BCUT2D eigenvalue weighted by atomic mass is 10.1. The van der Waals surface area contributed by atoms with Crippen LogP contribution in [0.5, 0.6) is 0 Å². The summed E-state index contributed by atoms with van der Waals surface area (Å²) < 4.78 is 32.0. The molecule has 0 fully saturated rings. The summed E-state index contributed by atoms with van der Waals surface area (Å²) in [4.78, 5) is 50.7. The van der Waals surface area contributed by atoms with Crippen molar-refractivity contribution < 1.29 is 32.7 Å². The number of halogens is 2. The zero-order valence-corrected chi connectivity index (χ0v) is 17.2. The molecule has 1 atom stereocenters. The van der Waals surface area contributed by atoms with Crippen LogP contribution in [0.4, 0.5) is 20.2 Å². The molecule has 0 radical (unpaired) electrons. The van der Waals surface area contributed by atoms with Crippen LogP contribution in [-0.2, 0) is 9.53 Å². The zero-order valence-electron chi connectivity index (χ0n) is 17.2. The van der Waals surface area contributed by atoms with Crippen LogP contribution in [0.2, 0.25) is 0 Å². The minimum absolute atomic E-state index is 0.0620. The lowest BCUT2D eigenvalue weighted by Crippen LogP contribution is -2.30. The second-order valence-corrected chi connectivity index (χ2v) is 7.20. The van der Waals surface area contributed by atoms with E-state index in [1.807, 2.05) is 0 Å². The number of anilines is 2. The Hall–Kier alpha value is -4.40. The molecule has 9 heteroatoms. The molecule has 1 heterocycles. The van der Waals surface area contributed by atoms with Crippen molar-refractivity contribution in [2.45, 2.75) is 13.0 Å². The largest absolute Gasteiger partial charge is 0.449 e. The normalized spacial score (nSPS) is 13.5. The van der Waals surface area contributed by atoms with Gasteiger partial charge in [0.25, 0.3) is 17.7 Å². The number of nitrogens with one attached hydrogen (secondary N) is 1.